The highest BCUT2D eigenvalue weighted by atomic mass is 79.9. The first-order chi connectivity index (χ1) is 8.49. The second-order valence-corrected chi connectivity index (χ2v) is 5.30. The van der Waals surface area contributed by atoms with Crippen LogP contribution in [0.25, 0.3) is 0 Å². The van der Waals surface area contributed by atoms with E-state index < -0.39 is 0 Å². The SMILES string of the molecule is Cc1cc(C(Br)c2ccc(C)c(F)c2)ccc1F. The third-order valence-corrected chi connectivity index (χ3v) is 4.02. The zero-order valence-corrected chi connectivity index (χ0v) is 11.8. The summed E-state index contributed by atoms with van der Waals surface area (Å²) in [5.74, 6) is -0.454. The smallest absolute Gasteiger partial charge is 0.126 e. The van der Waals surface area contributed by atoms with Gasteiger partial charge in [-0.2, -0.15) is 0 Å². The lowest BCUT2D eigenvalue weighted by Gasteiger charge is -2.12. The first-order valence-corrected chi connectivity index (χ1v) is 6.57. The third kappa shape index (κ3) is 2.61. The fourth-order valence-corrected chi connectivity index (χ4v) is 2.35. The van der Waals surface area contributed by atoms with E-state index in [1.807, 2.05) is 6.07 Å². The van der Waals surface area contributed by atoms with Crippen molar-refractivity contribution >= 4 is 15.9 Å². The maximum absolute atomic E-state index is 13.5. The van der Waals surface area contributed by atoms with Crippen molar-refractivity contribution in [3.05, 3.63) is 70.3 Å². The molecule has 0 aliphatic heterocycles. The number of halogens is 3. The number of alkyl halides is 1. The molecule has 0 aliphatic carbocycles. The summed E-state index contributed by atoms with van der Waals surface area (Å²) in [7, 11) is 0. The van der Waals surface area contributed by atoms with Crippen LogP contribution in [0.2, 0.25) is 0 Å². The second kappa shape index (κ2) is 5.19. The van der Waals surface area contributed by atoms with Crippen molar-refractivity contribution in [1.29, 1.82) is 0 Å². The summed E-state index contributed by atoms with van der Waals surface area (Å²) in [6.45, 7) is 3.44. The van der Waals surface area contributed by atoms with Gasteiger partial charge >= 0.3 is 0 Å². The molecule has 2 aromatic rings. The summed E-state index contributed by atoms with van der Waals surface area (Å²) in [6, 6.07) is 10.0. The van der Waals surface area contributed by atoms with Crippen molar-refractivity contribution in [2.75, 3.05) is 0 Å². The van der Waals surface area contributed by atoms with Gasteiger partial charge in [-0.25, -0.2) is 8.78 Å². The van der Waals surface area contributed by atoms with E-state index in [1.165, 1.54) is 12.1 Å². The topological polar surface area (TPSA) is 0 Å². The van der Waals surface area contributed by atoms with Crippen molar-refractivity contribution in [1.82, 2.24) is 0 Å². The van der Waals surface area contributed by atoms with Gasteiger partial charge in [0.1, 0.15) is 11.6 Å². The van der Waals surface area contributed by atoms with Gasteiger partial charge in [0, 0.05) is 0 Å². The Labute approximate surface area is 114 Å². The molecule has 0 aromatic heterocycles. The fraction of sp³-hybridized carbons (Fsp3) is 0.200. The van der Waals surface area contributed by atoms with Crippen LogP contribution >= 0.6 is 15.9 Å². The summed E-state index contributed by atoms with van der Waals surface area (Å²) in [4.78, 5) is -0.133. The van der Waals surface area contributed by atoms with Crippen molar-refractivity contribution < 1.29 is 8.78 Å². The minimum absolute atomic E-state index is 0.133. The predicted octanol–water partition coefficient (Wildman–Crippen LogP) is 5.07. The fourth-order valence-electron chi connectivity index (χ4n) is 1.78. The highest BCUT2D eigenvalue weighted by molar-refractivity contribution is 9.09. The molecule has 0 radical (unpaired) electrons. The maximum Gasteiger partial charge on any atom is 0.126 e. The Hall–Kier alpha value is -1.22. The minimum atomic E-state index is -0.228. The summed E-state index contributed by atoms with van der Waals surface area (Å²) in [6.07, 6.45) is 0. The molecule has 1 unspecified atom stereocenters. The van der Waals surface area contributed by atoms with Crippen LogP contribution in [0.15, 0.2) is 36.4 Å². The molecule has 0 fully saturated rings. The summed E-state index contributed by atoms with van der Waals surface area (Å²) < 4.78 is 26.7. The quantitative estimate of drug-likeness (QED) is 0.680. The lowest BCUT2D eigenvalue weighted by molar-refractivity contribution is 0.615. The number of benzene rings is 2. The van der Waals surface area contributed by atoms with Crippen LogP contribution in [0, 0.1) is 25.5 Å². The molecular formula is C15H13BrF2. The van der Waals surface area contributed by atoms with E-state index in [2.05, 4.69) is 15.9 Å². The first kappa shape index (κ1) is 13.2. The van der Waals surface area contributed by atoms with Gasteiger partial charge in [0.25, 0.3) is 0 Å². The van der Waals surface area contributed by atoms with Crippen LogP contribution in [0.1, 0.15) is 27.1 Å². The van der Waals surface area contributed by atoms with Gasteiger partial charge in [-0.1, -0.05) is 40.2 Å². The molecular weight excluding hydrogens is 298 g/mol. The highest BCUT2D eigenvalue weighted by Crippen LogP contribution is 2.32. The lowest BCUT2D eigenvalue weighted by Crippen LogP contribution is -1.96. The van der Waals surface area contributed by atoms with E-state index in [-0.39, 0.29) is 16.5 Å². The van der Waals surface area contributed by atoms with E-state index in [0.717, 1.165) is 11.1 Å². The minimum Gasteiger partial charge on any atom is -0.207 e. The van der Waals surface area contributed by atoms with Gasteiger partial charge in [-0.15, -0.1) is 0 Å². The van der Waals surface area contributed by atoms with E-state index in [9.17, 15) is 8.78 Å². The Morgan fingerprint density at radius 2 is 1.44 bits per heavy atom. The molecule has 2 rings (SSSR count). The molecule has 18 heavy (non-hydrogen) atoms. The zero-order valence-electron chi connectivity index (χ0n) is 10.2. The van der Waals surface area contributed by atoms with Crippen molar-refractivity contribution in [3.8, 4) is 0 Å². The zero-order chi connectivity index (χ0) is 13.3. The van der Waals surface area contributed by atoms with Crippen molar-refractivity contribution in [3.63, 3.8) is 0 Å². The van der Waals surface area contributed by atoms with Crippen LogP contribution in [0.4, 0.5) is 8.78 Å². The molecule has 0 saturated carbocycles. The van der Waals surface area contributed by atoms with E-state index in [0.29, 0.717) is 11.1 Å². The van der Waals surface area contributed by atoms with Gasteiger partial charge in [0.05, 0.1) is 4.83 Å². The summed E-state index contributed by atoms with van der Waals surface area (Å²) in [5, 5.41) is 0. The number of rotatable bonds is 2. The Kier molecular flexibility index (Phi) is 3.81. The van der Waals surface area contributed by atoms with Gasteiger partial charge in [-0.05, 0) is 48.2 Å². The molecule has 2 aromatic carbocycles. The Morgan fingerprint density at radius 3 is 2.06 bits per heavy atom. The number of hydrogen-bond donors (Lipinski definition) is 0. The molecule has 3 heteroatoms. The molecule has 0 aliphatic rings. The van der Waals surface area contributed by atoms with Gasteiger partial charge in [-0.3, -0.25) is 0 Å². The standard InChI is InChI=1S/C15H13BrF2/c1-9-3-4-12(8-14(9)18)15(16)11-5-6-13(17)10(2)7-11/h3-8,15H,1-2H3. The predicted molar refractivity (Wildman–Crippen MR) is 73.0 cm³/mol. The van der Waals surface area contributed by atoms with Gasteiger partial charge < -0.3 is 0 Å². The number of aryl methyl sites for hydroxylation is 2. The average Bonchev–Trinajstić information content (AvgIpc) is 2.35. The maximum atomic E-state index is 13.5. The van der Waals surface area contributed by atoms with Crippen LogP contribution in [-0.4, -0.2) is 0 Å². The van der Waals surface area contributed by atoms with Crippen molar-refractivity contribution in [2.45, 2.75) is 18.7 Å². The van der Waals surface area contributed by atoms with Crippen LogP contribution in [0.3, 0.4) is 0 Å². The van der Waals surface area contributed by atoms with E-state index in [4.69, 9.17) is 0 Å². The van der Waals surface area contributed by atoms with Crippen LogP contribution in [0.5, 0.6) is 0 Å². The normalized spacial score (nSPS) is 12.5. The summed E-state index contributed by atoms with van der Waals surface area (Å²) in [5.41, 5.74) is 2.94. The molecule has 0 bridgehead atoms. The van der Waals surface area contributed by atoms with E-state index >= 15 is 0 Å². The lowest BCUT2D eigenvalue weighted by atomic mass is 10.0. The van der Waals surface area contributed by atoms with E-state index in [1.54, 1.807) is 32.0 Å². The largest absolute Gasteiger partial charge is 0.207 e. The molecule has 0 heterocycles. The Morgan fingerprint density at radius 1 is 0.833 bits per heavy atom. The Bertz CT molecular complexity index is 527. The monoisotopic (exact) mass is 310 g/mol. The van der Waals surface area contributed by atoms with Crippen molar-refractivity contribution in [2.24, 2.45) is 0 Å². The molecule has 0 N–H and O–H groups in total. The second-order valence-electron chi connectivity index (χ2n) is 4.38. The Balaban J connectivity index is 2.37. The average molecular weight is 311 g/mol. The van der Waals surface area contributed by atoms with Gasteiger partial charge in [0.15, 0.2) is 0 Å². The molecule has 1 atom stereocenters. The third-order valence-electron chi connectivity index (χ3n) is 2.96. The first-order valence-electron chi connectivity index (χ1n) is 5.65. The molecule has 0 amide bonds. The molecule has 0 saturated heterocycles. The molecule has 0 nitrogen and oxygen atoms in total. The molecule has 0 spiro atoms. The van der Waals surface area contributed by atoms with Gasteiger partial charge in [0.2, 0.25) is 0 Å². The highest BCUT2D eigenvalue weighted by Gasteiger charge is 2.13. The summed E-state index contributed by atoms with van der Waals surface area (Å²) >= 11 is 3.52. The molecule has 94 valence electrons. The number of hydrogen-bond acceptors (Lipinski definition) is 0. The van der Waals surface area contributed by atoms with Crippen LogP contribution < -0.4 is 0 Å². The van der Waals surface area contributed by atoms with Crippen LogP contribution in [-0.2, 0) is 0 Å².